The van der Waals surface area contributed by atoms with Crippen molar-refractivity contribution in [3.8, 4) is 0 Å². The Hall–Kier alpha value is -1.57. The first-order valence-corrected chi connectivity index (χ1v) is 6.37. The topological polar surface area (TPSA) is 26.3 Å². The Morgan fingerprint density at radius 3 is 2.28 bits per heavy atom. The van der Waals surface area contributed by atoms with Gasteiger partial charge in [0.15, 0.2) is 5.78 Å². The van der Waals surface area contributed by atoms with Gasteiger partial charge in [0.2, 0.25) is 0 Å². The molecular weight excluding hydrogens is 224 g/mol. The Balaban J connectivity index is 2.35. The highest BCUT2D eigenvalue weighted by atomic mass is 16.5. The van der Waals surface area contributed by atoms with Gasteiger partial charge in [0.1, 0.15) is 11.9 Å². The molecule has 0 saturated carbocycles. The van der Waals surface area contributed by atoms with Crippen LogP contribution in [0.4, 0.5) is 0 Å². The van der Waals surface area contributed by atoms with E-state index in [9.17, 15) is 4.79 Å². The maximum atomic E-state index is 12.1. The van der Waals surface area contributed by atoms with Crippen molar-refractivity contribution in [3.63, 3.8) is 0 Å². The summed E-state index contributed by atoms with van der Waals surface area (Å²) < 4.78 is 6.06. The second-order valence-corrected chi connectivity index (χ2v) is 5.97. The summed E-state index contributed by atoms with van der Waals surface area (Å²) in [5.74, 6) is 0.760. The highest BCUT2D eigenvalue weighted by Gasteiger charge is 2.38. The second-order valence-electron chi connectivity index (χ2n) is 5.97. The van der Waals surface area contributed by atoms with Crippen LogP contribution >= 0.6 is 0 Å². The standard InChI is InChI=1S/C16H20O2/c1-11-13(17)10-14(12-8-6-5-7-9-12)18-15(11)16(2,3)4/h5-11,15H,1-4H3/t11-,15+/m1/s1. The molecule has 1 heterocycles. The van der Waals surface area contributed by atoms with E-state index < -0.39 is 0 Å². The molecule has 2 nitrogen and oxygen atoms in total. The number of ether oxygens (including phenoxy) is 1. The van der Waals surface area contributed by atoms with Crippen molar-refractivity contribution < 1.29 is 9.53 Å². The molecule has 2 heteroatoms. The summed E-state index contributed by atoms with van der Waals surface area (Å²) in [6.07, 6.45) is 1.55. The summed E-state index contributed by atoms with van der Waals surface area (Å²) in [4.78, 5) is 12.1. The third-order valence-corrected chi connectivity index (χ3v) is 3.34. The first-order valence-electron chi connectivity index (χ1n) is 6.37. The third kappa shape index (κ3) is 2.47. The fraction of sp³-hybridized carbons (Fsp3) is 0.438. The summed E-state index contributed by atoms with van der Waals surface area (Å²) in [7, 11) is 0. The van der Waals surface area contributed by atoms with Crippen LogP contribution in [-0.2, 0) is 9.53 Å². The number of benzene rings is 1. The number of allylic oxidation sites excluding steroid dienone is 1. The van der Waals surface area contributed by atoms with E-state index in [1.165, 1.54) is 0 Å². The van der Waals surface area contributed by atoms with E-state index in [1.54, 1.807) is 6.08 Å². The molecular formula is C16H20O2. The number of rotatable bonds is 1. The molecule has 0 amide bonds. The fourth-order valence-electron chi connectivity index (χ4n) is 2.36. The van der Waals surface area contributed by atoms with Gasteiger partial charge in [0.25, 0.3) is 0 Å². The van der Waals surface area contributed by atoms with Crippen LogP contribution in [-0.4, -0.2) is 11.9 Å². The molecule has 0 saturated heterocycles. The summed E-state index contributed by atoms with van der Waals surface area (Å²) in [5.41, 5.74) is 0.913. The van der Waals surface area contributed by atoms with Crippen molar-refractivity contribution in [2.75, 3.05) is 0 Å². The van der Waals surface area contributed by atoms with Crippen LogP contribution in [0.25, 0.3) is 5.76 Å². The molecule has 1 aliphatic heterocycles. The molecule has 18 heavy (non-hydrogen) atoms. The van der Waals surface area contributed by atoms with Crippen LogP contribution in [0.15, 0.2) is 36.4 Å². The molecule has 0 spiro atoms. The molecule has 0 bridgehead atoms. The largest absolute Gasteiger partial charge is 0.488 e. The number of hydrogen-bond acceptors (Lipinski definition) is 2. The predicted octanol–water partition coefficient (Wildman–Crippen LogP) is 3.68. The number of carbonyl (C=O) groups is 1. The maximum Gasteiger partial charge on any atom is 0.165 e. The monoisotopic (exact) mass is 244 g/mol. The van der Waals surface area contributed by atoms with Gasteiger partial charge in [0.05, 0.1) is 5.92 Å². The zero-order valence-electron chi connectivity index (χ0n) is 11.4. The van der Waals surface area contributed by atoms with Crippen LogP contribution in [0, 0.1) is 11.3 Å². The van der Waals surface area contributed by atoms with E-state index in [1.807, 2.05) is 37.3 Å². The van der Waals surface area contributed by atoms with Crippen LogP contribution < -0.4 is 0 Å². The zero-order chi connectivity index (χ0) is 13.3. The van der Waals surface area contributed by atoms with Gasteiger partial charge in [-0.2, -0.15) is 0 Å². The Morgan fingerprint density at radius 2 is 1.72 bits per heavy atom. The Morgan fingerprint density at radius 1 is 1.11 bits per heavy atom. The zero-order valence-corrected chi connectivity index (χ0v) is 11.4. The van der Waals surface area contributed by atoms with Gasteiger partial charge in [-0.3, -0.25) is 4.79 Å². The van der Waals surface area contributed by atoms with Crippen LogP contribution in [0.3, 0.4) is 0 Å². The summed E-state index contributed by atoms with van der Waals surface area (Å²) in [6, 6.07) is 9.80. The van der Waals surface area contributed by atoms with Crippen LogP contribution in [0.5, 0.6) is 0 Å². The lowest BCUT2D eigenvalue weighted by Gasteiger charge is -2.38. The minimum atomic E-state index is -0.0857. The lowest BCUT2D eigenvalue weighted by molar-refractivity contribution is -0.125. The third-order valence-electron chi connectivity index (χ3n) is 3.34. The molecule has 2 atom stereocenters. The normalized spacial score (nSPS) is 24.4. The van der Waals surface area contributed by atoms with E-state index in [2.05, 4.69) is 20.8 Å². The van der Waals surface area contributed by atoms with E-state index in [0.29, 0.717) is 5.76 Å². The lowest BCUT2D eigenvalue weighted by Crippen LogP contribution is -2.40. The van der Waals surface area contributed by atoms with Gasteiger partial charge >= 0.3 is 0 Å². The molecule has 96 valence electrons. The van der Waals surface area contributed by atoms with Gasteiger partial charge in [0, 0.05) is 11.6 Å². The molecule has 0 aromatic heterocycles. The summed E-state index contributed by atoms with van der Waals surface area (Å²) in [6.45, 7) is 8.26. The van der Waals surface area contributed by atoms with Gasteiger partial charge in [-0.05, 0) is 5.41 Å². The summed E-state index contributed by atoms with van der Waals surface area (Å²) >= 11 is 0. The molecule has 0 unspecified atom stereocenters. The molecule has 1 aromatic rings. The van der Waals surface area contributed by atoms with Gasteiger partial charge < -0.3 is 4.74 Å². The van der Waals surface area contributed by atoms with Gasteiger partial charge in [-0.1, -0.05) is 58.0 Å². The molecule has 1 aromatic carbocycles. The molecule has 0 fully saturated rings. The highest BCUT2D eigenvalue weighted by Crippen LogP contribution is 2.36. The molecule has 2 rings (SSSR count). The number of ketones is 1. The Bertz CT molecular complexity index is 466. The molecule has 0 aliphatic carbocycles. The smallest absolute Gasteiger partial charge is 0.165 e. The number of hydrogen-bond donors (Lipinski definition) is 0. The Kier molecular flexibility index (Phi) is 3.29. The van der Waals surface area contributed by atoms with Crippen molar-refractivity contribution in [2.45, 2.75) is 33.8 Å². The average Bonchev–Trinajstić information content (AvgIpc) is 2.32. The minimum Gasteiger partial charge on any atom is -0.488 e. The first kappa shape index (κ1) is 12.9. The molecule has 1 aliphatic rings. The van der Waals surface area contributed by atoms with Crippen molar-refractivity contribution in [1.82, 2.24) is 0 Å². The highest BCUT2D eigenvalue weighted by molar-refractivity contribution is 5.98. The first-order chi connectivity index (χ1) is 8.39. The average molecular weight is 244 g/mol. The van der Waals surface area contributed by atoms with Crippen molar-refractivity contribution in [3.05, 3.63) is 42.0 Å². The fourth-order valence-corrected chi connectivity index (χ4v) is 2.36. The molecule has 0 radical (unpaired) electrons. The van der Waals surface area contributed by atoms with E-state index in [4.69, 9.17) is 4.74 Å². The quantitative estimate of drug-likeness (QED) is 0.753. The minimum absolute atomic E-state index is 0.0522. The predicted molar refractivity (Wildman–Crippen MR) is 72.9 cm³/mol. The van der Waals surface area contributed by atoms with E-state index in [0.717, 1.165) is 5.56 Å². The van der Waals surface area contributed by atoms with Crippen molar-refractivity contribution in [2.24, 2.45) is 11.3 Å². The van der Waals surface area contributed by atoms with Gasteiger partial charge in [-0.25, -0.2) is 0 Å². The maximum absolute atomic E-state index is 12.1. The Labute approximate surface area is 109 Å². The lowest BCUT2D eigenvalue weighted by atomic mass is 9.78. The molecule has 0 N–H and O–H groups in total. The van der Waals surface area contributed by atoms with E-state index in [-0.39, 0.29) is 23.2 Å². The van der Waals surface area contributed by atoms with Crippen molar-refractivity contribution in [1.29, 1.82) is 0 Å². The van der Waals surface area contributed by atoms with E-state index >= 15 is 0 Å². The van der Waals surface area contributed by atoms with Crippen LogP contribution in [0.2, 0.25) is 0 Å². The number of carbonyl (C=O) groups excluding carboxylic acids is 1. The SMILES string of the molecule is C[C@@H]1C(=O)C=C(c2ccccc2)O[C@@H]1C(C)(C)C. The van der Waals surface area contributed by atoms with Gasteiger partial charge in [-0.15, -0.1) is 0 Å². The summed E-state index contributed by atoms with van der Waals surface area (Å²) in [5, 5.41) is 0. The van der Waals surface area contributed by atoms with Crippen molar-refractivity contribution >= 4 is 11.5 Å². The van der Waals surface area contributed by atoms with Crippen LogP contribution in [0.1, 0.15) is 33.3 Å². The second kappa shape index (κ2) is 4.60.